The summed E-state index contributed by atoms with van der Waals surface area (Å²) in [6.07, 6.45) is 2.78. The normalized spacial score (nSPS) is 15.1. The average Bonchev–Trinajstić information content (AvgIpc) is 2.73. The molecular weight excluding hydrogens is 380 g/mol. The number of sulfonamides is 1. The Hall–Kier alpha value is -2.58. The minimum atomic E-state index is -3.57. The maximum Gasteiger partial charge on any atom is 0.259 e. The second-order valence-electron chi connectivity index (χ2n) is 6.49. The first-order valence-corrected chi connectivity index (χ1v) is 10.5. The van der Waals surface area contributed by atoms with E-state index in [9.17, 15) is 13.2 Å². The fraction of sp³-hybridized carbons (Fsp3) is 0.350. The van der Waals surface area contributed by atoms with Gasteiger partial charge in [-0.15, -0.1) is 0 Å². The number of nitrogens with zero attached hydrogens (tertiary/aromatic N) is 1. The predicted octanol–water partition coefficient (Wildman–Crippen LogP) is 3.13. The third-order valence-electron chi connectivity index (χ3n) is 4.69. The van der Waals surface area contributed by atoms with Crippen molar-refractivity contribution >= 4 is 21.6 Å². The van der Waals surface area contributed by atoms with Gasteiger partial charge in [-0.2, -0.15) is 4.31 Å². The second kappa shape index (κ2) is 8.62. The monoisotopic (exact) mass is 404 g/mol. The van der Waals surface area contributed by atoms with Crippen molar-refractivity contribution in [3.63, 3.8) is 0 Å². The minimum absolute atomic E-state index is 0.171. The molecule has 2 aromatic carbocycles. The summed E-state index contributed by atoms with van der Waals surface area (Å²) in [7, 11) is -0.618. The Kier molecular flexibility index (Phi) is 6.21. The van der Waals surface area contributed by atoms with Crippen LogP contribution in [0.4, 0.5) is 5.69 Å². The Bertz CT molecular complexity index is 953. The summed E-state index contributed by atoms with van der Waals surface area (Å²) in [6.45, 7) is 1.06. The van der Waals surface area contributed by atoms with E-state index >= 15 is 0 Å². The van der Waals surface area contributed by atoms with Crippen molar-refractivity contribution in [1.29, 1.82) is 0 Å². The molecule has 3 rings (SSSR count). The van der Waals surface area contributed by atoms with Crippen molar-refractivity contribution in [3.05, 3.63) is 48.0 Å². The van der Waals surface area contributed by atoms with Gasteiger partial charge < -0.3 is 14.8 Å². The molecule has 150 valence electrons. The molecule has 1 N–H and O–H groups in total. The Morgan fingerprint density at radius 3 is 2.39 bits per heavy atom. The second-order valence-corrected chi connectivity index (χ2v) is 8.43. The number of carbonyl (C=O) groups is 1. The number of methoxy groups -OCH3 is 2. The lowest BCUT2D eigenvalue weighted by Gasteiger charge is -2.26. The zero-order valence-electron chi connectivity index (χ0n) is 16.0. The lowest BCUT2D eigenvalue weighted by molar-refractivity contribution is 0.102. The largest absolute Gasteiger partial charge is 0.493 e. The fourth-order valence-electron chi connectivity index (χ4n) is 3.25. The molecule has 0 radical (unpaired) electrons. The molecule has 0 saturated carbocycles. The van der Waals surface area contributed by atoms with Crippen LogP contribution in [0.15, 0.2) is 47.4 Å². The smallest absolute Gasteiger partial charge is 0.259 e. The van der Waals surface area contributed by atoms with E-state index in [-0.39, 0.29) is 4.90 Å². The number of piperidine rings is 1. The van der Waals surface area contributed by atoms with Crippen LogP contribution in [0.2, 0.25) is 0 Å². The number of hydrogen-bond acceptors (Lipinski definition) is 5. The van der Waals surface area contributed by atoms with Crippen molar-refractivity contribution < 1.29 is 22.7 Å². The van der Waals surface area contributed by atoms with E-state index in [0.29, 0.717) is 35.8 Å². The van der Waals surface area contributed by atoms with E-state index in [1.54, 1.807) is 36.4 Å². The molecule has 1 fully saturated rings. The zero-order chi connectivity index (χ0) is 20.1. The summed E-state index contributed by atoms with van der Waals surface area (Å²) in [6, 6.07) is 11.3. The van der Waals surface area contributed by atoms with Gasteiger partial charge >= 0.3 is 0 Å². The highest BCUT2D eigenvalue weighted by atomic mass is 32.2. The molecule has 0 spiro atoms. The van der Waals surface area contributed by atoms with Crippen LogP contribution >= 0.6 is 0 Å². The Morgan fingerprint density at radius 1 is 1.00 bits per heavy atom. The maximum absolute atomic E-state index is 12.9. The van der Waals surface area contributed by atoms with Crippen LogP contribution in [-0.4, -0.2) is 45.9 Å². The molecule has 1 aliphatic rings. The quantitative estimate of drug-likeness (QED) is 0.800. The van der Waals surface area contributed by atoms with E-state index in [1.807, 2.05) is 0 Å². The molecule has 0 aliphatic carbocycles. The Labute approximate surface area is 165 Å². The Balaban J connectivity index is 1.84. The van der Waals surface area contributed by atoms with Gasteiger partial charge in [0.1, 0.15) is 0 Å². The molecule has 8 heteroatoms. The molecule has 1 heterocycles. The van der Waals surface area contributed by atoms with Crippen LogP contribution in [0.5, 0.6) is 11.5 Å². The van der Waals surface area contributed by atoms with E-state index in [0.717, 1.165) is 19.3 Å². The predicted molar refractivity (Wildman–Crippen MR) is 107 cm³/mol. The molecule has 0 bridgehead atoms. The SMILES string of the molecule is COc1cccc(C(=O)Nc2cccc(S(=O)(=O)N3CCCCC3)c2)c1OC. The fourth-order valence-corrected chi connectivity index (χ4v) is 4.82. The van der Waals surface area contributed by atoms with Crippen LogP contribution < -0.4 is 14.8 Å². The van der Waals surface area contributed by atoms with Crippen LogP contribution in [0, 0.1) is 0 Å². The first kappa shape index (κ1) is 20.2. The molecule has 1 aliphatic heterocycles. The minimum Gasteiger partial charge on any atom is -0.493 e. The molecule has 0 aromatic heterocycles. The summed E-state index contributed by atoms with van der Waals surface area (Å²) in [5, 5.41) is 2.74. The number of rotatable bonds is 6. The highest BCUT2D eigenvalue weighted by molar-refractivity contribution is 7.89. The third kappa shape index (κ3) is 4.13. The number of ether oxygens (including phenoxy) is 2. The van der Waals surface area contributed by atoms with Crippen LogP contribution in [0.3, 0.4) is 0 Å². The highest BCUT2D eigenvalue weighted by Crippen LogP contribution is 2.31. The van der Waals surface area contributed by atoms with E-state index < -0.39 is 15.9 Å². The lowest BCUT2D eigenvalue weighted by atomic mass is 10.1. The number of carbonyl (C=O) groups excluding carboxylic acids is 1. The lowest BCUT2D eigenvalue weighted by Crippen LogP contribution is -2.35. The molecule has 2 aromatic rings. The van der Waals surface area contributed by atoms with Gasteiger partial charge in [0, 0.05) is 18.8 Å². The number of nitrogens with one attached hydrogen (secondary N) is 1. The molecule has 0 unspecified atom stereocenters. The van der Waals surface area contributed by atoms with Crippen LogP contribution in [0.25, 0.3) is 0 Å². The summed E-state index contributed by atoms with van der Waals surface area (Å²) >= 11 is 0. The topological polar surface area (TPSA) is 84.9 Å². The Morgan fingerprint density at radius 2 is 1.71 bits per heavy atom. The molecule has 28 heavy (non-hydrogen) atoms. The van der Waals surface area contributed by atoms with Crippen molar-refractivity contribution in [2.24, 2.45) is 0 Å². The van der Waals surface area contributed by atoms with Gasteiger partial charge in [-0.25, -0.2) is 8.42 Å². The van der Waals surface area contributed by atoms with Gasteiger partial charge in [-0.1, -0.05) is 18.6 Å². The number of amides is 1. The zero-order valence-corrected chi connectivity index (χ0v) is 16.8. The maximum atomic E-state index is 12.9. The summed E-state index contributed by atoms with van der Waals surface area (Å²) in [4.78, 5) is 12.9. The molecular formula is C20H24N2O5S. The standard InChI is InChI=1S/C20H24N2O5S/c1-26-18-11-7-10-17(19(18)27-2)20(23)21-15-8-6-9-16(14-15)28(24,25)22-12-4-3-5-13-22/h6-11,14H,3-5,12-13H2,1-2H3,(H,21,23). The van der Waals surface area contributed by atoms with Crippen molar-refractivity contribution in [3.8, 4) is 11.5 Å². The third-order valence-corrected chi connectivity index (χ3v) is 6.59. The molecule has 7 nitrogen and oxygen atoms in total. The van der Waals surface area contributed by atoms with Gasteiger partial charge in [-0.05, 0) is 43.2 Å². The molecule has 1 saturated heterocycles. The van der Waals surface area contributed by atoms with Crippen LogP contribution in [-0.2, 0) is 10.0 Å². The van der Waals surface area contributed by atoms with Gasteiger partial charge in [0.15, 0.2) is 11.5 Å². The molecule has 0 atom stereocenters. The number of hydrogen-bond donors (Lipinski definition) is 1. The molecule has 1 amide bonds. The van der Waals surface area contributed by atoms with Gasteiger partial charge in [0.05, 0.1) is 24.7 Å². The first-order chi connectivity index (χ1) is 13.5. The van der Waals surface area contributed by atoms with E-state index in [4.69, 9.17) is 9.47 Å². The summed E-state index contributed by atoms with van der Waals surface area (Å²) in [5.41, 5.74) is 0.694. The van der Waals surface area contributed by atoms with Crippen molar-refractivity contribution in [2.75, 3.05) is 32.6 Å². The van der Waals surface area contributed by atoms with E-state index in [2.05, 4.69) is 5.32 Å². The van der Waals surface area contributed by atoms with Crippen molar-refractivity contribution in [2.45, 2.75) is 24.2 Å². The number of para-hydroxylation sites is 1. The number of benzene rings is 2. The van der Waals surface area contributed by atoms with E-state index in [1.165, 1.54) is 24.6 Å². The summed E-state index contributed by atoms with van der Waals surface area (Å²) < 4.78 is 37.7. The van der Waals surface area contributed by atoms with Gasteiger partial charge in [0.2, 0.25) is 10.0 Å². The van der Waals surface area contributed by atoms with Crippen LogP contribution in [0.1, 0.15) is 29.6 Å². The number of anilines is 1. The van der Waals surface area contributed by atoms with Gasteiger partial charge in [-0.3, -0.25) is 4.79 Å². The average molecular weight is 404 g/mol. The highest BCUT2D eigenvalue weighted by Gasteiger charge is 2.26. The van der Waals surface area contributed by atoms with Crippen molar-refractivity contribution in [1.82, 2.24) is 4.31 Å². The summed E-state index contributed by atoms with van der Waals surface area (Å²) in [5.74, 6) is 0.347. The first-order valence-electron chi connectivity index (χ1n) is 9.10. The van der Waals surface area contributed by atoms with Gasteiger partial charge in [0.25, 0.3) is 5.91 Å².